The summed E-state index contributed by atoms with van der Waals surface area (Å²) in [7, 11) is 0. The summed E-state index contributed by atoms with van der Waals surface area (Å²) in [5, 5.41) is 16.0. The van der Waals surface area contributed by atoms with E-state index in [1.807, 2.05) is 23.6 Å². The Hall–Kier alpha value is -3.46. The summed E-state index contributed by atoms with van der Waals surface area (Å²) >= 11 is 1.27. The van der Waals surface area contributed by atoms with Crippen LogP contribution < -0.4 is 14.8 Å². The van der Waals surface area contributed by atoms with E-state index in [0.29, 0.717) is 27.9 Å². The maximum Gasteiger partial charge on any atom is 0.273 e. The second kappa shape index (κ2) is 6.69. The van der Waals surface area contributed by atoms with Crippen LogP contribution in [0.25, 0.3) is 11.3 Å². The second-order valence-electron chi connectivity index (χ2n) is 5.77. The molecule has 8 nitrogen and oxygen atoms in total. The van der Waals surface area contributed by atoms with E-state index in [4.69, 9.17) is 9.47 Å². The maximum atomic E-state index is 12.5. The Labute approximate surface area is 157 Å². The molecule has 0 atom stereocenters. The number of amides is 1. The lowest BCUT2D eigenvalue weighted by atomic mass is 10.1. The number of anilines is 1. The monoisotopic (exact) mass is 383 g/mol. The van der Waals surface area contributed by atoms with E-state index < -0.39 is 10.8 Å². The van der Waals surface area contributed by atoms with Crippen molar-refractivity contribution < 1.29 is 19.2 Å². The number of nitrogens with one attached hydrogen (secondary N) is 1. The van der Waals surface area contributed by atoms with E-state index in [9.17, 15) is 14.9 Å². The van der Waals surface area contributed by atoms with Crippen molar-refractivity contribution in [2.24, 2.45) is 0 Å². The molecule has 27 heavy (non-hydrogen) atoms. The Bertz CT molecular complexity index is 1060. The maximum absolute atomic E-state index is 12.5. The highest BCUT2D eigenvalue weighted by atomic mass is 32.1. The van der Waals surface area contributed by atoms with Crippen LogP contribution in [0.2, 0.25) is 0 Å². The zero-order valence-corrected chi connectivity index (χ0v) is 14.9. The van der Waals surface area contributed by atoms with Crippen molar-refractivity contribution in [2.75, 3.05) is 12.1 Å². The normalized spacial score (nSPS) is 12.0. The smallest absolute Gasteiger partial charge is 0.273 e. The van der Waals surface area contributed by atoms with Crippen LogP contribution in [-0.4, -0.2) is 22.6 Å². The lowest BCUT2D eigenvalue weighted by molar-refractivity contribution is -0.385. The first-order chi connectivity index (χ1) is 13.0. The highest BCUT2D eigenvalue weighted by Crippen LogP contribution is 2.36. The molecule has 0 aliphatic carbocycles. The number of ether oxygens (including phenoxy) is 2. The number of carbonyl (C=O) groups excluding carboxylic acids is 1. The minimum atomic E-state index is -0.507. The Morgan fingerprint density at radius 3 is 2.89 bits per heavy atom. The van der Waals surface area contributed by atoms with Crippen molar-refractivity contribution in [1.29, 1.82) is 0 Å². The van der Waals surface area contributed by atoms with Crippen molar-refractivity contribution in [3.63, 3.8) is 0 Å². The molecule has 3 aromatic rings. The number of benzene rings is 2. The summed E-state index contributed by atoms with van der Waals surface area (Å²) in [5.74, 6) is 0.893. The van der Waals surface area contributed by atoms with Gasteiger partial charge in [-0.1, -0.05) is 6.07 Å². The Kier molecular flexibility index (Phi) is 4.21. The molecule has 1 aliphatic rings. The molecule has 1 amide bonds. The molecule has 0 unspecified atom stereocenters. The van der Waals surface area contributed by atoms with Gasteiger partial charge in [0.05, 0.1) is 10.6 Å². The van der Waals surface area contributed by atoms with Crippen LogP contribution in [0.3, 0.4) is 0 Å². The largest absolute Gasteiger partial charge is 0.454 e. The third-order valence-corrected chi connectivity index (χ3v) is 4.90. The van der Waals surface area contributed by atoms with Gasteiger partial charge in [-0.05, 0) is 31.2 Å². The molecule has 136 valence electrons. The van der Waals surface area contributed by atoms with Gasteiger partial charge in [-0.2, -0.15) is 0 Å². The fourth-order valence-corrected chi connectivity index (χ4v) is 3.47. The van der Waals surface area contributed by atoms with Gasteiger partial charge in [-0.3, -0.25) is 20.2 Å². The number of aromatic nitrogens is 1. The topological polar surface area (TPSA) is 104 Å². The van der Waals surface area contributed by atoms with E-state index in [2.05, 4.69) is 10.3 Å². The second-order valence-corrected chi connectivity index (χ2v) is 6.62. The molecule has 1 N–H and O–H groups in total. The molecule has 1 aliphatic heterocycles. The van der Waals surface area contributed by atoms with E-state index in [1.165, 1.54) is 23.5 Å². The number of nitrogens with zero attached hydrogens (tertiary/aromatic N) is 2. The van der Waals surface area contributed by atoms with Crippen molar-refractivity contribution in [1.82, 2.24) is 4.98 Å². The first kappa shape index (κ1) is 17.0. The first-order valence-electron chi connectivity index (χ1n) is 7.94. The van der Waals surface area contributed by atoms with Gasteiger partial charge in [0, 0.05) is 28.1 Å². The van der Waals surface area contributed by atoms with Gasteiger partial charge in [0.1, 0.15) is 0 Å². The number of rotatable bonds is 4. The zero-order valence-electron chi connectivity index (χ0n) is 14.1. The third kappa shape index (κ3) is 3.20. The first-order valence-corrected chi connectivity index (χ1v) is 8.82. The Balaban J connectivity index is 1.55. The fraction of sp³-hybridized carbons (Fsp3) is 0.111. The lowest BCUT2D eigenvalue weighted by Crippen LogP contribution is -2.14. The summed E-state index contributed by atoms with van der Waals surface area (Å²) < 4.78 is 10.7. The lowest BCUT2D eigenvalue weighted by Gasteiger charge is -2.05. The van der Waals surface area contributed by atoms with Crippen molar-refractivity contribution in [3.05, 3.63) is 63.0 Å². The Morgan fingerprint density at radius 1 is 1.26 bits per heavy atom. The molecule has 0 saturated heterocycles. The highest BCUT2D eigenvalue weighted by molar-refractivity contribution is 7.14. The molecule has 9 heteroatoms. The predicted molar refractivity (Wildman–Crippen MR) is 99.5 cm³/mol. The van der Waals surface area contributed by atoms with E-state index in [-0.39, 0.29) is 18.0 Å². The summed E-state index contributed by atoms with van der Waals surface area (Å²) in [5.41, 5.74) is 1.98. The summed E-state index contributed by atoms with van der Waals surface area (Å²) in [4.78, 5) is 27.5. The molecule has 0 fully saturated rings. The minimum absolute atomic E-state index is 0.0946. The molecular weight excluding hydrogens is 370 g/mol. The van der Waals surface area contributed by atoms with Crippen LogP contribution in [0.1, 0.15) is 15.9 Å². The van der Waals surface area contributed by atoms with E-state index in [1.54, 1.807) is 13.0 Å². The number of carbonyl (C=O) groups is 1. The number of fused-ring (bicyclic) bond motifs is 1. The minimum Gasteiger partial charge on any atom is -0.454 e. The number of hydrogen-bond acceptors (Lipinski definition) is 7. The van der Waals surface area contributed by atoms with Crippen LogP contribution in [0.15, 0.2) is 41.8 Å². The van der Waals surface area contributed by atoms with Crippen LogP contribution >= 0.6 is 11.3 Å². The third-order valence-electron chi connectivity index (χ3n) is 4.14. The number of hydrogen-bond donors (Lipinski definition) is 1. The molecule has 2 aromatic carbocycles. The average Bonchev–Trinajstić information content (AvgIpc) is 3.29. The van der Waals surface area contributed by atoms with Gasteiger partial charge < -0.3 is 9.47 Å². The molecule has 0 saturated carbocycles. The number of nitro benzene ring substituents is 1. The molecule has 0 spiro atoms. The van der Waals surface area contributed by atoms with Gasteiger partial charge in [0.15, 0.2) is 16.6 Å². The van der Waals surface area contributed by atoms with Crippen molar-refractivity contribution >= 4 is 28.1 Å². The summed E-state index contributed by atoms with van der Waals surface area (Å²) in [6, 6.07) is 9.89. The van der Waals surface area contributed by atoms with Gasteiger partial charge >= 0.3 is 0 Å². The van der Waals surface area contributed by atoms with Crippen molar-refractivity contribution in [3.8, 4) is 22.8 Å². The SMILES string of the molecule is Cc1c(C(=O)Nc2nc(-c3ccc4c(c3)OCO4)cs2)cccc1[N+](=O)[O-]. The average molecular weight is 383 g/mol. The number of thiazole rings is 1. The predicted octanol–water partition coefficient (Wildman–Crippen LogP) is 4.01. The molecule has 4 rings (SSSR count). The van der Waals surface area contributed by atoms with E-state index >= 15 is 0 Å². The van der Waals surface area contributed by atoms with Crippen LogP contribution in [-0.2, 0) is 0 Å². The zero-order chi connectivity index (χ0) is 19.0. The van der Waals surface area contributed by atoms with Gasteiger partial charge in [-0.15, -0.1) is 11.3 Å². The van der Waals surface area contributed by atoms with Crippen LogP contribution in [0.4, 0.5) is 10.8 Å². The highest BCUT2D eigenvalue weighted by Gasteiger charge is 2.19. The van der Waals surface area contributed by atoms with Gasteiger partial charge in [-0.25, -0.2) is 4.98 Å². The van der Waals surface area contributed by atoms with Crippen LogP contribution in [0.5, 0.6) is 11.5 Å². The van der Waals surface area contributed by atoms with Gasteiger partial charge in [0.25, 0.3) is 11.6 Å². The molecule has 2 heterocycles. The molecule has 1 aromatic heterocycles. The fourth-order valence-electron chi connectivity index (χ4n) is 2.75. The molecule has 0 radical (unpaired) electrons. The molecule has 0 bridgehead atoms. The number of nitro groups is 1. The Morgan fingerprint density at radius 2 is 2.07 bits per heavy atom. The van der Waals surface area contributed by atoms with Crippen molar-refractivity contribution in [2.45, 2.75) is 6.92 Å². The summed E-state index contributed by atoms with van der Waals surface area (Å²) in [6.07, 6.45) is 0. The standard InChI is InChI=1S/C18H13N3O5S/c1-10-12(3-2-4-14(10)21(23)24)17(22)20-18-19-13(8-27-18)11-5-6-15-16(7-11)26-9-25-15/h2-8H,9H2,1H3,(H,19,20,22). The quantitative estimate of drug-likeness (QED) is 0.539. The van der Waals surface area contributed by atoms with Crippen LogP contribution in [0, 0.1) is 17.0 Å². The van der Waals surface area contributed by atoms with Gasteiger partial charge in [0.2, 0.25) is 6.79 Å². The molecular formula is C18H13N3O5S. The summed E-state index contributed by atoms with van der Waals surface area (Å²) in [6.45, 7) is 1.74. The van der Waals surface area contributed by atoms with E-state index in [0.717, 1.165) is 5.56 Å².